The molecule has 1 aromatic carbocycles. The Hall–Kier alpha value is -2.10. The first kappa shape index (κ1) is 13.9. The Kier molecular flexibility index (Phi) is 3.78. The second-order valence-electron chi connectivity index (χ2n) is 5.93. The first-order valence-electron chi connectivity index (χ1n) is 7.52. The van der Waals surface area contributed by atoms with E-state index in [9.17, 15) is 9.90 Å². The van der Waals surface area contributed by atoms with Crippen LogP contribution in [0.5, 0.6) is 0 Å². The van der Waals surface area contributed by atoms with Gasteiger partial charge in [-0.2, -0.15) is 0 Å². The van der Waals surface area contributed by atoms with Crippen LogP contribution < -0.4 is 5.32 Å². The highest BCUT2D eigenvalue weighted by molar-refractivity contribution is 6.03. The van der Waals surface area contributed by atoms with Crippen molar-refractivity contribution in [1.29, 1.82) is 0 Å². The average Bonchev–Trinajstić information content (AvgIpc) is 2.89. The van der Waals surface area contributed by atoms with Gasteiger partial charge in [0, 0.05) is 11.9 Å². The number of carbonyl (C=O) groups is 1. The molecule has 4 heteroatoms. The van der Waals surface area contributed by atoms with Gasteiger partial charge in [0.2, 0.25) is 0 Å². The van der Waals surface area contributed by atoms with Gasteiger partial charge in [0.05, 0.1) is 11.1 Å². The van der Waals surface area contributed by atoms with E-state index >= 15 is 0 Å². The Morgan fingerprint density at radius 3 is 2.90 bits per heavy atom. The van der Waals surface area contributed by atoms with Crippen molar-refractivity contribution in [1.82, 2.24) is 4.98 Å². The van der Waals surface area contributed by atoms with Crippen LogP contribution in [0, 0.1) is 11.8 Å². The number of hydrogen-bond donors (Lipinski definition) is 2. The lowest BCUT2D eigenvalue weighted by atomic mass is 9.98. The highest BCUT2D eigenvalue weighted by Gasteiger charge is 2.23. The fraction of sp³-hybridized carbons (Fsp3) is 0.412. The summed E-state index contributed by atoms with van der Waals surface area (Å²) in [6, 6.07) is 9.01. The van der Waals surface area contributed by atoms with E-state index < -0.39 is 5.97 Å². The second-order valence-corrected chi connectivity index (χ2v) is 5.93. The number of anilines is 1. The molecule has 2 atom stereocenters. The van der Waals surface area contributed by atoms with Crippen molar-refractivity contribution in [2.45, 2.75) is 26.2 Å². The molecule has 2 N–H and O–H groups in total. The number of carboxylic acids is 1. The number of pyridine rings is 1. The van der Waals surface area contributed by atoms with Crippen LogP contribution in [0.4, 0.5) is 5.82 Å². The maximum absolute atomic E-state index is 11.4. The van der Waals surface area contributed by atoms with Gasteiger partial charge >= 0.3 is 5.97 Å². The van der Waals surface area contributed by atoms with E-state index in [1.165, 1.54) is 19.3 Å². The first-order chi connectivity index (χ1) is 10.1. The van der Waals surface area contributed by atoms with E-state index in [1.807, 2.05) is 18.2 Å². The highest BCUT2D eigenvalue weighted by Crippen LogP contribution is 2.31. The van der Waals surface area contributed by atoms with E-state index in [0.29, 0.717) is 22.7 Å². The Balaban J connectivity index is 1.86. The van der Waals surface area contributed by atoms with Gasteiger partial charge in [0.25, 0.3) is 0 Å². The van der Waals surface area contributed by atoms with Crippen LogP contribution in [-0.2, 0) is 0 Å². The number of fused-ring (bicyclic) bond motifs is 1. The minimum atomic E-state index is -0.911. The highest BCUT2D eigenvalue weighted by atomic mass is 16.4. The molecule has 0 aliphatic heterocycles. The van der Waals surface area contributed by atoms with E-state index in [-0.39, 0.29) is 0 Å². The minimum Gasteiger partial charge on any atom is -0.478 e. The summed E-state index contributed by atoms with van der Waals surface area (Å²) in [5, 5.41) is 13.4. The summed E-state index contributed by atoms with van der Waals surface area (Å²) < 4.78 is 0. The number of nitrogens with zero attached hydrogens (tertiary/aromatic N) is 1. The third-order valence-electron chi connectivity index (χ3n) is 4.53. The predicted molar refractivity (Wildman–Crippen MR) is 83.7 cm³/mol. The number of aromatic carboxylic acids is 1. The molecule has 3 rings (SSSR count). The van der Waals surface area contributed by atoms with Crippen molar-refractivity contribution in [3.63, 3.8) is 0 Å². The molecule has 0 spiro atoms. The summed E-state index contributed by atoms with van der Waals surface area (Å²) in [6.07, 6.45) is 3.82. The number of aromatic nitrogens is 1. The Morgan fingerprint density at radius 1 is 1.38 bits per heavy atom. The molecule has 2 unspecified atom stereocenters. The van der Waals surface area contributed by atoms with E-state index in [2.05, 4.69) is 17.2 Å². The quantitative estimate of drug-likeness (QED) is 0.897. The Morgan fingerprint density at radius 2 is 2.19 bits per heavy atom. The van der Waals surface area contributed by atoms with Gasteiger partial charge < -0.3 is 10.4 Å². The summed E-state index contributed by atoms with van der Waals surface area (Å²) in [4.78, 5) is 16.0. The first-order valence-corrected chi connectivity index (χ1v) is 7.52. The SMILES string of the molecule is CC1CCCC1CNc1cc(C(=O)O)c2ccccc2n1. The number of rotatable bonds is 4. The van der Waals surface area contributed by atoms with E-state index in [4.69, 9.17) is 0 Å². The monoisotopic (exact) mass is 284 g/mol. The van der Waals surface area contributed by atoms with Crippen molar-refractivity contribution in [3.05, 3.63) is 35.9 Å². The van der Waals surface area contributed by atoms with Crippen molar-refractivity contribution < 1.29 is 9.90 Å². The van der Waals surface area contributed by atoms with E-state index in [0.717, 1.165) is 18.0 Å². The molecule has 1 fully saturated rings. The third-order valence-corrected chi connectivity index (χ3v) is 4.53. The standard InChI is InChI=1S/C17H20N2O2/c1-11-5-4-6-12(11)10-18-16-9-14(17(20)21)13-7-2-3-8-15(13)19-16/h2-3,7-9,11-12H,4-6,10H2,1H3,(H,18,19)(H,20,21). The molecular formula is C17H20N2O2. The molecule has 1 aliphatic rings. The zero-order chi connectivity index (χ0) is 14.8. The van der Waals surface area contributed by atoms with Crippen molar-refractivity contribution in [2.75, 3.05) is 11.9 Å². The minimum absolute atomic E-state index is 0.308. The summed E-state index contributed by atoms with van der Waals surface area (Å²) in [5.74, 6) is 1.14. The number of hydrogen-bond acceptors (Lipinski definition) is 3. The molecule has 0 bridgehead atoms. The van der Waals surface area contributed by atoms with Gasteiger partial charge in [-0.3, -0.25) is 0 Å². The molecule has 0 saturated heterocycles. The van der Waals surface area contributed by atoms with Crippen LogP contribution in [0.2, 0.25) is 0 Å². The van der Waals surface area contributed by atoms with Gasteiger partial charge in [-0.05, 0) is 30.4 Å². The van der Waals surface area contributed by atoms with Crippen molar-refractivity contribution in [3.8, 4) is 0 Å². The van der Waals surface area contributed by atoms with Crippen molar-refractivity contribution in [2.24, 2.45) is 11.8 Å². The summed E-state index contributed by atoms with van der Waals surface area (Å²) in [5.41, 5.74) is 1.03. The summed E-state index contributed by atoms with van der Waals surface area (Å²) in [6.45, 7) is 3.15. The molecule has 21 heavy (non-hydrogen) atoms. The molecular weight excluding hydrogens is 264 g/mol. The summed E-state index contributed by atoms with van der Waals surface area (Å²) >= 11 is 0. The number of para-hydroxylation sites is 1. The zero-order valence-corrected chi connectivity index (χ0v) is 12.2. The molecule has 1 aliphatic carbocycles. The predicted octanol–water partition coefficient (Wildman–Crippen LogP) is 3.78. The number of benzene rings is 1. The molecule has 1 heterocycles. The smallest absolute Gasteiger partial charge is 0.336 e. The maximum Gasteiger partial charge on any atom is 0.336 e. The maximum atomic E-state index is 11.4. The van der Waals surface area contributed by atoms with Gasteiger partial charge in [0.1, 0.15) is 5.82 Å². The van der Waals surface area contributed by atoms with Crippen LogP contribution in [0.1, 0.15) is 36.5 Å². The van der Waals surface area contributed by atoms with Crippen molar-refractivity contribution >= 4 is 22.7 Å². The third kappa shape index (κ3) is 2.84. The Bertz CT molecular complexity index is 669. The number of carboxylic acid groups (broad SMARTS) is 1. The van der Waals surface area contributed by atoms with Crippen LogP contribution in [-0.4, -0.2) is 22.6 Å². The van der Waals surface area contributed by atoms with Gasteiger partial charge in [-0.25, -0.2) is 9.78 Å². The second kappa shape index (κ2) is 5.72. The lowest BCUT2D eigenvalue weighted by molar-refractivity contribution is 0.0699. The van der Waals surface area contributed by atoms with Crippen LogP contribution in [0.25, 0.3) is 10.9 Å². The average molecular weight is 284 g/mol. The normalized spacial score (nSPS) is 21.6. The molecule has 0 amide bonds. The fourth-order valence-electron chi connectivity index (χ4n) is 3.20. The summed E-state index contributed by atoms with van der Waals surface area (Å²) in [7, 11) is 0. The zero-order valence-electron chi connectivity index (χ0n) is 12.2. The molecule has 2 aromatic rings. The molecule has 1 aromatic heterocycles. The molecule has 110 valence electrons. The molecule has 1 saturated carbocycles. The largest absolute Gasteiger partial charge is 0.478 e. The van der Waals surface area contributed by atoms with Gasteiger partial charge in [0.15, 0.2) is 0 Å². The molecule has 4 nitrogen and oxygen atoms in total. The number of nitrogens with one attached hydrogen (secondary N) is 1. The van der Waals surface area contributed by atoms with Gasteiger partial charge in [-0.15, -0.1) is 0 Å². The van der Waals surface area contributed by atoms with Gasteiger partial charge in [-0.1, -0.05) is 38.0 Å². The van der Waals surface area contributed by atoms with Crippen LogP contribution >= 0.6 is 0 Å². The molecule has 0 radical (unpaired) electrons. The lowest BCUT2D eigenvalue weighted by Crippen LogP contribution is -2.17. The van der Waals surface area contributed by atoms with E-state index in [1.54, 1.807) is 12.1 Å². The van der Waals surface area contributed by atoms with Crippen LogP contribution in [0.3, 0.4) is 0 Å². The van der Waals surface area contributed by atoms with Crippen LogP contribution in [0.15, 0.2) is 30.3 Å². The lowest BCUT2D eigenvalue weighted by Gasteiger charge is -2.17. The Labute approximate surface area is 124 Å². The fourth-order valence-corrected chi connectivity index (χ4v) is 3.20. The topological polar surface area (TPSA) is 62.2 Å².